The number of likely N-dealkylation sites (tertiary alicyclic amines) is 1. The standard InChI is InChI=1S/C31H37N5O3S/c1-34(2)29-33-25-18-35(30(38)39-3)20-31(27(25)40-29)19-32-17-24(31)28(37)36-15-14-23(21-10-6-4-7-11-21)16-26(36)22-12-8-5-9-13-22/h4-13,23-24,26,32H,14-20H2,1-3H3/t23-,24+,26+,31+/m1/s1. The fourth-order valence-electron chi connectivity index (χ4n) is 6.87. The van der Waals surface area contributed by atoms with Crippen LogP contribution >= 0.6 is 11.3 Å². The van der Waals surface area contributed by atoms with Crippen molar-refractivity contribution in [3.05, 3.63) is 82.4 Å². The van der Waals surface area contributed by atoms with Crippen molar-refractivity contribution < 1.29 is 14.3 Å². The zero-order valence-corrected chi connectivity index (χ0v) is 24.2. The van der Waals surface area contributed by atoms with E-state index in [-0.39, 0.29) is 24.0 Å². The normalized spacial score (nSPS) is 26.0. The minimum Gasteiger partial charge on any atom is -0.453 e. The van der Waals surface area contributed by atoms with Gasteiger partial charge in [-0.05, 0) is 29.9 Å². The van der Waals surface area contributed by atoms with Gasteiger partial charge in [-0.15, -0.1) is 11.3 Å². The highest BCUT2D eigenvalue weighted by Crippen LogP contribution is 2.48. The Hall–Kier alpha value is -3.43. The molecule has 2 aromatic carbocycles. The van der Waals surface area contributed by atoms with E-state index in [0.717, 1.165) is 28.5 Å². The lowest BCUT2D eigenvalue weighted by molar-refractivity contribution is -0.141. The second kappa shape index (κ2) is 10.9. The molecule has 3 aliphatic heterocycles. The van der Waals surface area contributed by atoms with Crippen molar-refractivity contribution in [2.45, 2.75) is 36.8 Å². The highest BCUT2D eigenvalue weighted by molar-refractivity contribution is 7.16. The summed E-state index contributed by atoms with van der Waals surface area (Å²) in [5.74, 6) is 0.239. The lowest BCUT2D eigenvalue weighted by atomic mass is 9.72. The SMILES string of the molecule is COC(=O)N1Cc2nc(N(C)C)sc2[C@@]2(CNC[C@H]2C(=O)N2CC[C@@H](c3ccccc3)C[C@H]2c2ccccc2)C1. The number of rotatable bonds is 4. The largest absolute Gasteiger partial charge is 0.453 e. The molecule has 2 fully saturated rings. The molecular formula is C31H37N5O3S. The molecule has 6 rings (SSSR count). The van der Waals surface area contributed by atoms with Crippen LogP contribution in [0.4, 0.5) is 9.93 Å². The number of hydrogen-bond acceptors (Lipinski definition) is 7. The van der Waals surface area contributed by atoms with Gasteiger partial charge >= 0.3 is 6.09 Å². The summed E-state index contributed by atoms with van der Waals surface area (Å²) in [6.07, 6.45) is 1.43. The summed E-state index contributed by atoms with van der Waals surface area (Å²) in [5.41, 5.74) is 2.82. The second-order valence-corrected chi connectivity index (χ2v) is 12.4. The number of hydrogen-bond donors (Lipinski definition) is 1. The zero-order chi connectivity index (χ0) is 27.9. The number of thiazole rings is 1. The molecule has 0 unspecified atom stereocenters. The van der Waals surface area contributed by atoms with Crippen LogP contribution in [0.2, 0.25) is 0 Å². The molecule has 4 atom stereocenters. The minimum absolute atomic E-state index is 0.0103. The van der Waals surface area contributed by atoms with E-state index in [1.54, 1.807) is 16.2 Å². The molecule has 9 heteroatoms. The van der Waals surface area contributed by atoms with Crippen LogP contribution in [0.3, 0.4) is 0 Å². The molecule has 0 aliphatic carbocycles. The van der Waals surface area contributed by atoms with Gasteiger partial charge in [0, 0.05) is 50.6 Å². The number of carbonyl (C=O) groups excluding carboxylic acids is 2. The Morgan fingerprint density at radius 1 is 1.07 bits per heavy atom. The van der Waals surface area contributed by atoms with Gasteiger partial charge in [-0.2, -0.15) is 0 Å². The quantitative estimate of drug-likeness (QED) is 0.511. The molecule has 0 bridgehead atoms. The van der Waals surface area contributed by atoms with E-state index >= 15 is 0 Å². The van der Waals surface area contributed by atoms with Crippen molar-refractivity contribution in [1.29, 1.82) is 0 Å². The second-order valence-electron chi connectivity index (χ2n) is 11.4. The van der Waals surface area contributed by atoms with Crippen molar-refractivity contribution in [2.24, 2.45) is 5.92 Å². The maximum absolute atomic E-state index is 14.7. The number of carbonyl (C=O) groups is 2. The smallest absolute Gasteiger partial charge is 0.409 e. The summed E-state index contributed by atoms with van der Waals surface area (Å²) < 4.78 is 5.14. The van der Waals surface area contributed by atoms with Gasteiger partial charge in [0.05, 0.1) is 31.3 Å². The summed E-state index contributed by atoms with van der Waals surface area (Å²) in [4.78, 5) is 39.4. The molecule has 3 aromatic rings. The van der Waals surface area contributed by atoms with Crippen LogP contribution in [0, 0.1) is 5.92 Å². The number of nitrogens with one attached hydrogen (secondary N) is 1. The Balaban J connectivity index is 1.37. The van der Waals surface area contributed by atoms with E-state index in [4.69, 9.17) is 9.72 Å². The third-order valence-corrected chi connectivity index (χ3v) is 10.3. The first-order chi connectivity index (χ1) is 19.4. The Labute approximate surface area is 239 Å². The number of fused-ring (bicyclic) bond motifs is 2. The highest BCUT2D eigenvalue weighted by Gasteiger charge is 2.56. The van der Waals surface area contributed by atoms with Crippen molar-refractivity contribution >= 4 is 28.5 Å². The molecule has 1 N–H and O–H groups in total. The summed E-state index contributed by atoms with van der Waals surface area (Å²) in [5, 5.41) is 4.43. The monoisotopic (exact) mass is 559 g/mol. The molecule has 40 heavy (non-hydrogen) atoms. The van der Waals surface area contributed by atoms with Crippen LogP contribution in [-0.4, -0.2) is 74.2 Å². The molecule has 210 valence electrons. The number of piperidine rings is 1. The van der Waals surface area contributed by atoms with Gasteiger partial charge in [-0.25, -0.2) is 9.78 Å². The van der Waals surface area contributed by atoms with E-state index in [0.29, 0.717) is 38.6 Å². The number of methoxy groups -OCH3 is 1. The van der Waals surface area contributed by atoms with Crippen LogP contribution in [0.15, 0.2) is 60.7 Å². The fourth-order valence-corrected chi connectivity index (χ4v) is 8.10. The molecular weight excluding hydrogens is 522 g/mol. The van der Waals surface area contributed by atoms with Crippen molar-refractivity contribution in [2.75, 3.05) is 52.3 Å². The predicted molar refractivity (Wildman–Crippen MR) is 157 cm³/mol. The van der Waals surface area contributed by atoms with Crippen LogP contribution in [0.1, 0.15) is 46.5 Å². The Morgan fingerprint density at radius 2 is 1.77 bits per heavy atom. The molecule has 2 saturated heterocycles. The van der Waals surface area contributed by atoms with Gasteiger partial charge in [-0.1, -0.05) is 60.7 Å². The molecule has 0 radical (unpaired) electrons. The minimum atomic E-state index is -0.553. The average Bonchev–Trinajstić information content (AvgIpc) is 3.62. The first kappa shape index (κ1) is 26.8. The number of amides is 2. The van der Waals surface area contributed by atoms with Crippen molar-refractivity contribution in [1.82, 2.24) is 20.1 Å². The number of benzene rings is 2. The maximum atomic E-state index is 14.7. The summed E-state index contributed by atoms with van der Waals surface area (Å²) in [6.45, 7) is 2.72. The lowest BCUT2D eigenvalue weighted by Gasteiger charge is -2.46. The maximum Gasteiger partial charge on any atom is 0.409 e. The number of ether oxygens (including phenoxy) is 1. The molecule has 2 amide bonds. The number of aromatic nitrogens is 1. The summed E-state index contributed by atoms with van der Waals surface area (Å²) in [6, 6.07) is 21.1. The lowest BCUT2D eigenvalue weighted by Crippen LogP contribution is -2.56. The van der Waals surface area contributed by atoms with E-state index in [2.05, 4.69) is 64.8 Å². The Kier molecular flexibility index (Phi) is 7.27. The average molecular weight is 560 g/mol. The van der Waals surface area contributed by atoms with Gasteiger partial charge in [-0.3, -0.25) is 4.79 Å². The van der Waals surface area contributed by atoms with Gasteiger partial charge in [0.25, 0.3) is 0 Å². The Bertz CT molecular complexity index is 1360. The molecule has 4 heterocycles. The fraction of sp³-hybridized carbons (Fsp3) is 0.452. The molecule has 1 aromatic heterocycles. The topological polar surface area (TPSA) is 78.0 Å². The van der Waals surface area contributed by atoms with Crippen molar-refractivity contribution in [3.8, 4) is 0 Å². The van der Waals surface area contributed by atoms with Gasteiger partial charge < -0.3 is 24.8 Å². The zero-order valence-electron chi connectivity index (χ0n) is 23.4. The van der Waals surface area contributed by atoms with Crippen molar-refractivity contribution in [3.63, 3.8) is 0 Å². The van der Waals surface area contributed by atoms with Gasteiger partial charge in [0.2, 0.25) is 5.91 Å². The number of anilines is 1. The van der Waals surface area contributed by atoms with E-state index in [9.17, 15) is 9.59 Å². The predicted octanol–water partition coefficient (Wildman–Crippen LogP) is 4.40. The summed E-state index contributed by atoms with van der Waals surface area (Å²) >= 11 is 1.65. The van der Waals surface area contributed by atoms with E-state index in [1.165, 1.54) is 18.2 Å². The van der Waals surface area contributed by atoms with Crippen LogP contribution < -0.4 is 10.2 Å². The Morgan fingerprint density at radius 3 is 2.45 bits per heavy atom. The van der Waals surface area contributed by atoms with E-state index < -0.39 is 5.41 Å². The third-order valence-electron chi connectivity index (χ3n) is 8.86. The third kappa shape index (κ3) is 4.65. The first-order valence-corrected chi connectivity index (χ1v) is 14.8. The molecule has 3 aliphatic rings. The first-order valence-electron chi connectivity index (χ1n) is 14.0. The van der Waals surface area contributed by atoms with E-state index in [1.807, 2.05) is 25.1 Å². The van der Waals surface area contributed by atoms with Crippen LogP contribution in [-0.2, 0) is 21.5 Å². The van der Waals surface area contributed by atoms with Crippen LogP contribution in [0.25, 0.3) is 0 Å². The van der Waals surface area contributed by atoms with Gasteiger partial charge in [0.1, 0.15) is 0 Å². The highest BCUT2D eigenvalue weighted by atomic mass is 32.1. The number of nitrogens with zero attached hydrogens (tertiary/aromatic N) is 4. The van der Waals surface area contributed by atoms with Gasteiger partial charge in [0.15, 0.2) is 5.13 Å². The molecule has 1 spiro atoms. The van der Waals surface area contributed by atoms with Crippen LogP contribution in [0.5, 0.6) is 0 Å². The summed E-state index contributed by atoms with van der Waals surface area (Å²) in [7, 11) is 5.37. The molecule has 8 nitrogen and oxygen atoms in total. The molecule has 0 saturated carbocycles.